The average Bonchev–Trinajstić information content (AvgIpc) is 2.82. The minimum absolute atomic E-state index is 0.0428. The van der Waals surface area contributed by atoms with Crippen molar-refractivity contribution < 1.29 is 0 Å². The van der Waals surface area contributed by atoms with Crippen LogP contribution in [0.1, 0.15) is 83.5 Å². The van der Waals surface area contributed by atoms with Gasteiger partial charge in [0.25, 0.3) is 0 Å². The van der Waals surface area contributed by atoms with E-state index in [1.54, 1.807) is 69.9 Å². The molecule has 0 amide bonds. The first-order valence-corrected chi connectivity index (χ1v) is 16.4. The number of hydrogen-bond acceptors (Lipinski definition) is 1. The fourth-order valence-electron chi connectivity index (χ4n) is 11.3. The van der Waals surface area contributed by atoms with Crippen molar-refractivity contribution in [2.24, 2.45) is 47.3 Å². The third-order valence-corrected chi connectivity index (χ3v) is 15.8. The van der Waals surface area contributed by atoms with Gasteiger partial charge in [-0.2, -0.15) is 0 Å². The van der Waals surface area contributed by atoms with Gasteiger partial charge in [-0.1, -0.05) is 26.1 Å². The molecule has 33 heavy (non-hydrogen) atoms. The Morgan fingerprint density at radius 2 is 1.00 bits per heavy atom. The Kier molecular flexibility index (Phi) is 4.99. The predicted octanol–water partition coefficient (Wildman–Crippen LogP) is 7.43. The van der Waals surface area contributed by atoms with Gasteiger partial charge in [0.15, 0.2) is 0 Å². The Bertz CT molecular complexity index is 789. The zero-order valence-corrected chi connectivity index (χ0v) is 21.5. The molecule has 0 spiro atoms. The van der Waals surface area contributed by atoms with E-state index in [9.17, 15) is 0 Å². The molecule has 9 fully saturated rings. The highest BCUT2D eigenvalue weighted by molar-refractivity contribution is 7.67. The first-order chi connectivity index (χ1) is 16.3. The van der Waals surface area contributed by atoms with Gasteiger partial charge in [-0.25, -0.2) is 0 Å². The number of nitrogens with zero attached hydrogens (tertiary/aromatic N) is 1. The normalized spacial score (nSPS) is 48.4. The lowest BCUT2D eigenvalue weighted by atomic mass is 9.55. The number of para-hydroxylation sites is 1. The molecule has 9 aliphatic rings. The minimum atomic E-state index is -0.0428. The van der Waals surface area contributed by atoms with Crippen molar-refractivity contribution in [1.29, 1.82) is 0 Å². The summed E-state index contributed by atoms with van der Waals surface area (Å²) in [6, 6.07) is 10.0. The second kappa shape index (κ2) is 7.98. The first kappa shape index (κ1) is 20.6. The monoisotopic (exact) mass is 461 g/mol. The molecule has 0 radical (unpaired) electrons. The number of piperidine rings is 1. The van der Waals surface area contributed by atoms with Crippen LogP contribution >= 0.6 is 7.92 Å². The van der Waals surface area contributed by atoms with Crippen LogP contribution in [0.4, 0.5) is 5.69 Å². The second-order valence-corrected chi connectivity index (χ2v) is 16.3. The molecular formula is C31H44NP. The largest absolute Gasteiger partial charge is 0.371 e. The zero-order valence-electron chi connectivity index (χ0n) is 20.6. The summed E-state index contributed by atoms with van der Waals surface area (Å²) < 4.78 is 0. The molecule has 1 aromatic rings. The molecule has 0 aromatic heterocycles. The van der Waals surface area contributed by atoms with Crippen LogP contribution in [0.15, 0.2) is 24.3 Å². The highest BCUT2D eigenvalue weighted by atomic mass is 31.1. The van der Waals surface area contributed by atoms with Gasteiger partial charge in [-0.15, -0.1) is 0 Å². The fourth-order valence-corrected chi connectivity index (χ4v) is 15.9. The predicted molar refractivity (Wildman–Crippen MR) is 141 cm³/mol. The van der Waals surface area contributed by atoms with Crippen LogP contribution in [0.2, 0.25) is 0 Å². The molecule has 10 rings (SSSR count). The van der Waals surface area contributed by atoms with E-state index in [0.29, 0.717) is 0 Å². The summed E-state index contributed by atoms with van der Waals surface area (Å²) in [4.78, 5) is 2.83. The van der Waals surface area contributed by atoms with Crippen LogP contribution in [0.3, 0.4) is 0 Å². The van der Waals surface area contributed by atoms with Crippen LogP contribution in [0.25, 0.3) is 0 Å². The summed E-state index contributed by atoms with van der Waals surface area (Å²) in [7, 11) is -0.0428. The Morgan fingerprint density at radius 3 is 1.48 bits per heavy atom. The van der Waals surface area contributed by atoms with Crippen molar-refractivity contribution >= 4 is 18.9 Å². The summed E-state index contributed by atoms with van der Waals surface area (Å²) >= 11 is 0. The lowest BCUT2D eigenvalue weighted by Crippen LogP contribution is -2.54. The summed E-state index contributed by atoms with van der Waals surface area (Å²) in [5.41, 5.74) is 3.84. The van der Waals surface area contributed by atoms with Crippen molar-refractivity contribution in [3.8, 4) is 0 Å². The molecule has 178 valence electrons. The van der Waals surface area contributed by atoms with Gasteiger partial charge in [0.05, 0.1) is 0 Å². The Hall–Kier alpha value is -0.550. The molecule has 8 saturated carbocycles. The molecule has 8 aliphatic carbocycles. The molecule has 1 saturated heterocycles. The Labute approximate surface area is 203 Å². The van der Waals surface area contributed by atoms with Crippen LogP contribution in [0.5, 0.6) is 0 Å². The second-order valence-electron chi connectivity index (χ2n) is 13.8. The van der Waals surface area contributed by atoms with Gasteiger partial charge < -0.3 is 4.90 Å². The molecule has 2 heteroatoms. The van der Waals surface area contributed by atoms with E-state index in [1.165, 1.54) is 32.4 Å². The minimum Gasteiger partial charge on any atom is -0.371 e. The van der Waals surface area contributed by atoms with Gasteiger partial charge in [0, 0.05) is 18.8 Å². The summed E-state index contributed by atoms with van der Waals surface area (Å²) in [6.07, 6.45) is 20.3. The molecule has 1 nitrogen and oxygen atoms in total. The molecule has 0 atom stereocenters. The maximum absolute atomic E-state index is 2.83. The smallest absolute Gasteiger partial charge is 0.0444 e. The van der Waals surface area contributed by atoms with Crippen LogP contribution in [-0.2, 0) is 0 Å². The van der Waals surface area contributed by atoms with E-state index in [-0.39, 0.29) is 7.92 Å². The standard InChI is InChI=1S/C31H44NP/c1-4-8-32(9-5-1)28-6-2-3-7-29(28)33(30-24-12-20-10-21(14-24)15-25(30)13-20)31-26-16-22-11-23(18-26)19-27(31)17-22/h2-3,6-7,20-27,30-31H,1,4-5,8-19H2. The zero-order chi connectivity index (χ0) is 21.5. The first-order valence-electron chi connectivity index (χ1n) is 14.9. The number of rotatable bonds is 4. The maximum atomic E-state index is 2.83. The quantitative estimate of drug-likeness (QED) is 0.421. The van der Waals surface area contributed by atoms with Crippen LogP contribution in [0, 0.1) is 47.3 Å². The van der Waals surface area contributed by atoms with Crippen molar-refractivity contribution in [3.63, 3.8) is 0 Å². The lowest BCUT2D eigenvalue weighted by Gasteiger charge is -2.62. The SMILES string of the molecule is c1ccc(P(C2C3CC4CC(C3)CC2C4)C2C3CC4CC(C3)CC2C4)c(N2CCCCC2)c1. The number of hydrogen-bond donors (Lipinski definition) is 0. The third-order valence-electron chi connectivity index (χ3n) is 11.9. The highest BCUT2D eigenvalue weighted by Gasteiger charge is 2.57. The Morgan fingerprint density at radius 1 is 0.545 bits per heavy atom. The summed E-state index contributed by atoms with van der Waals surface area (Å²) in [5.74, 6) is 8.76. The van der Waals surface area contributed by atoms with E-state index in [0.717, 1.165) is 58.7 Å². The van der Waals surface area contributed by atoms with Crippen molar-refractivity contribution in [2.45, 2.75) is 94.8 Å². The van der Waals surface area contributed by atoms with Gasteiger partial charge >= 0.3 is 0 Å². The van der Waals surface area contributed by atoms with Gasteiger partial charge in [0.1, 0.15) is 0 Å². The summed E-state index contributed by atoms with van der Waals surface area (Å²) in [5, 5.41) is 1.89. The van der Waals surface area contributed by atoms with Crippen molar-refractivity contribution in [3.05, 3.63) is 24.3 Å². The number of anilines is 1. The fraction of sp³-hybridized carbons (Fsp3) is 0.806. The molecule has 8 bridgehead atoms. The topological polar surface area (TPSA) is 3.24 Å². The number of benzene rings is 1. The van der Waals surface area contributed by atoms with Gasteiger partial charge in [-0.05, 0) is 154 Å². The highest BCUT2D eigenvalue weighted by Crippen LogP contribution is 2.71. The van der Waals surface area contributed by atoms with Gasteiger partial charge in [0.2, 0.25) is 0 Å². The van der Waals surface area contributed by atoms with E-state index < -0.39 is 0 Å². The van der Waals surface area contributed by atoms with Crippen LogP contribution in [-0.4, -0.2) is 24.4 Å². The maximum Gasteiger partial charge on any atom is 0.0444 e. The molecular weight excluding hydrogens is 417 g/mol. The molecule has 1 aromatic carbocycles. The molecule has 0 N–H and O–H groups in total. The van der Waals surface area contributed by atoms with E-state index in [2.05, 4.69) is 29.2 Å². The van der Waals surface area contributed by atoms with Crippen molar-refractivity contribution in [1.82, 2.24) is 0 Å². The molecule has 0 unspecified atom stereocenters. The molecule has 1 aliphatic heterocycles. The van der Waals surface area contributed by atoms with E-state index in [1.807, 2.05) is 5.30 Å². The Balaban J connectivity index is 1.23. The lowest BCUT2D eigenvalue weighted by molar-refractivity contribution is 0.0136. The molecule has 1 heterocycles. The van der Waals surface area contributed by atoms with Gasteiger partial charge in [-0.3, -0.25) is 0 Å². The third kappa shape index (κ3) is 3.33. The average molecular weight is 462 g/mol. The van der Waals surface area contributed by atoms with E-state index in [4.69, 9.17) is 0 Å². The van der Waals surface area contributed by atoms with Crippen LogP contribution < -0.4 is 10.2 Å². The van der Waals surface area contributed by atoms with E-state index >= 15 is 0 Å². The van der Waals surface area contributed by atoms with Crippen molar-refractivity contribution in [2.75, 3.05) is 18.0 Å². The summed E-state index contributed by atoms with van der Waals surface area (Å²) in [6.45, 7) is 2.62.